The molecule has 0 unspecified atom stereocenters. The molecule has 12 heteroatoms. The summed E-state index contributed by atoms with van der Waals surface area (Å²) in [5.41, 5.74) is 0.507. The van der Waals surface area contributed by atoms with E-state index in [0.29, 0.717) is 24.3 Å². The Hall–Kier alpha value is -3.12. The number of esters is 1. The molecule has 1 atom stereocenters. The molecule has 0 aromatic carbocycles. The van der Waals surface area contributed by atoms with Crippen LogP contribution in [0, 0.1) is 0 Å². The molecule has 2 rings (SSSR count). The summed E-state index contributed by atoms with van der Waals surface area (Å²) in [5.74, 6) is -1.82. The second-order valence-electron chi connectivity index (χ2n) is 7.52. The lowest BCUT2D eigenvalue weighted by molar-refractivity contribution is -0.147. The monoisotopic (exact) mass is 534 g/mol. The Morgan fingerprint density at radius 2 is 1.94 bits per heavy atom. The maximum absolute atomic E-state index is 12.7. The maximum atomic E-state index is 12.7. The number of aromatic nitrogens is 1. The average molecular weight is 535 g/mol. The molecule has 0 radical (unpaired) electrons. The van der Waals surface area contributed by atoms with Crippen LogP contribution in [0.4, 0.5) is 0 Å². The Morgan fingerprint density at radius 3 is 2.64 bits per heavy atom. The topological polar surface area (TPSA) is 144 Å². The lowest BCUT2D eigenvalue weighted by atomic mass is 10.2. The SMILES string of the molecule is C/C=C1\NC(=O)c2cc(SC)cc(n2)CNC(=O)C[C@@H](/C=C/CCSC(=O)CC)OC(=O)CNC1=O. The molecule has 2 bridgehead atoms. The Balaban J connectivity index is 2.23. The van der Waals surface area contributed by atoms with Crippen molar-refractivity contribution in [1.29, 1.82) is 0 Å². The average Bonchev–Trinajstić information content (AvgIpc) is 2.87. The first-order chi connectivity index (χ1) is 17.2. The van der Waals surface area contributed by atoms with Crippen LogP contribution in [-0.4, -0.2) is 58.4 Å². The number of carbonyl (C=O) groups is 5. The van der Waals surface area contributed by atoms with E-state index in [9.17, 15) is 24.0 Å². The fourth-order valence-corrected chi connectivity index (χ4v) is 4.14. The third-order valence-corrected chi connectivity index (χ3v) is 6.58. The molecule has 3 amide bonds. The molecule has 3 N–H and O–H groups in total. The van der Waals surface area contributed by atoms with Gasteiger partial charge in [-0.05, 0) is 37.8 Å². The normalized spacial score (nSPS) is 19.0. The molecule has 194 valence electrons. The van der Waals surface area contributed by atoms with Crippen LogP contribution >= 0.6 is 23.5 Å². The lowest BCUT2D eigenvalue weighted by Crippen LogP contribution is -2.39. The highest BCUT2D eigenvalue weighted by Gasteiger charge is 2.20. The van der Waals surface area contributed by atoms with Crippen molar-refractivity contribution in [2.45, 2.75) is 50.7 Å². The number of rotatable bonds is 6. The van der Waals surface area contributed by atoms with Crippen molar-refractivity contribution in [3.8, 4) is 0 Å². The largest absolute Gasteiger partial charge is 0.456 e. The Morgan fingerprint density at radius 1 is 1.17 bits per heavy atom. The minimum Gasteiger partial charge on any atom is -0.456 e. The van der Waals surface area contributed by atoms with Gasteiger partial charge in [0, 0.05) is 17.1 Å². The number of pyridine rings is 1. The van der Waals surface area contributed by atoms with Gasteiger partial charge in [-0.1, -0.05) is 30.8 Å². The first-order valence-electron chi connectivity index (χ1n) is 11.3. The van der Waals surface area contributed by atoms with E-state index in [1.807, 2.05) is 6.26 Å². The van der Waals surface area contributed by atoms with Gasteiger partial charge in [0.05, 0.1) is 18.7 Å². The van der Waals surface area contributed by atoms with Crippen molar-refractivity contribution in [3.63, 3.8) is 0 Å². The number of hydrogen-bond acceptors (Lipinski definition) is 9. The standard InChI is InChI=1S/C24H30N4O6S2/c1-4-18-23(32)26-14-21(30)34-16(8-6-7-9-36-22(31)5-2)11-20(29)25-13-15-10-17(35-3)12-19(27-15)24(33)28-18/h4,6,8,10,12,16H,5,7,9,11,13-14H2,1-3H3,(H,25,29)(H,26,32)(H,28,33)/b8-6+,18-4-/t16-/m1/s1. The number of allylic oxidation sites excluding steroid dienone is 2. The molecule has 0 aliphatic carbocycles. The van der Waals surface area contributed by atoms with Crippen LogP contribution in [0.3, 0.4) is 0 Å². The summed E-state index contributed by atoms with van der Waals surface area (Å²) in [5, 5.41) is 7.74. The van der Waals surface area contributed by atoms with Crippen molar-refractivity contribution >= 4 is 52.3 Å². The van der Waals surface area contributed by atoms with Crippen LogP contribution in [0.1, 0.15) is 49.3 Å². The molecular formula is C24H30N4O6S2. The first kappa shape index (κ1) is 29.1. The third-order valence-electron chi connectivity index (χ3n) is 4.82. The molecule has 1 aromatic rings. The molecule has 1 aliphatic heterocycles. The number of amides is 3. The van der Waals surface area contributed by atoms with E-state index in [-0.39, 0.29) is 35.4 Å². The summed E-state index contributed by atoms with van der Waals surface area (Å²) in [4.78, 5) is 66.6. The van der Waals surface area contributed by atoms with Crippen molar-refractivity contribution < 1.29 is 28.7 Å². The smallest absolute Gasteiger partial charge is 0.326 e. The van der Waals surface area contributed by atoms with E-state index in [1.165, 1.54) is 29.6 Å². The van der Waals surface area contributed by atoms with Crippen LogP contribution in [0.15, 0.2) is 41.0 Å². The fraction of sp³-hybridized carbons (Fsp3) is 0.417. The summed E-state index contributed by atoms with van der Waals surface area (Å²) in [6.45, 7) is 2.97. The van der Waals surface area contributed by atoms with Gasteiger partial charge in [0.25, 0.3) is 11.8 Å². The molecule has 1 aliphatic rings. The van der Waals surface area contributed by atoms with Crippen molar-refractivity contribution in [2.24, 2.45) is 0 Å². The Labute approximate surface area is 218 Å². The van der Waals surface area contributed by atoms with Crippen molar-refractivity contribution in [1.82, 2.24) is 20.9 Å². The van der Waals surface area contributed by atoms with Gasteiger partial charge in [0.15, 0.2) is 5.12 Å². The second-order valence-corrected chi connectivity index (χ2v) is 9.55. The van der Waals surface area contributed by atoms with Crippen LogP contribution in [0.5, 0.6) is 0 Å². The van der Waals surface area contributed by atoms with Gasteiger partial charge < -0.3 is 20.7 Å². The van der Waals surface area contributed by atoms with Crippen LogP contribution in [0.2, 0.25) is 0 Å². The molecule has 0 fully saturated rings. The summed E-state index contributed by atoms with van der Waals surface area (Å²) >= 11 is 2.63. The highest BCUT2D eigenvalue weighted by molar-refractivity contribution is 8.13. The van der Waals surface area contributed by atoms with Gasteiger partial charge >= 0.3 is 5.97 Å². The van der Waals surface area contributed by atoms with E-state index in [4.69, 9.17) is 4.74 Å². The molecular weight excluding hydrogens is 504 g/mol. The number of hydrogen-bond donors (Lipinski definition) is 3. The zero-order valence-electron chi connectivity index (χ0n) is 20.4. The van der Waals surface area contributed by atoms with Crippen LogP contribution < -0.4 is 16.0 Å². The predicted octanol–water partition coefficient (Wildman–Crippen LogP) is 2.10. The van der Waals surface area contributed by atoms with Gasteiger partial charge in [-0.25, -0.2) is 4.98 Å². The quantitative estimate of drug-likeness (QED) is 0.164. The van der Waals surface area contributed by atoms with Gasteiger partial charge in [-0.3, -0.25) is 24.0 Å². The van der Waals surface area contributed by atoms with Crippen molar-refractivity contribution in [2.75, 3.05) is 18.6 Å². The van der Waals surface area contributed by atoms with E-state index < -0.39 is 30.4 Å². The lowest BCUT2D eigenvalue weighted by Gasteiger charge is -2.16. The summed E-state index contributed by atoms with van der Waals surface area (Å²) in [6.07, 6.45) is 6.61. The number of cyclic esters (lactones) is 1. The van der Waals surface area contributed by atoms with Gasteiger partial charge in [-0.15, -0.1) is 11.8 Å². The molecule has 1 aromatic heterocycles. The molecule has 36 heavy (non-hydrogen) atoms. The molecule has 0 spiro atoms. The minimum atomic E-state index is -0.865. The first-order valence-corrected chi connectivity index (χ1v) is 13.6. The highest BCUT2D eigenvalue weighted by atomic mass is 32.2. The summed E-state index contributed by atoms with van der Waals surface area (Å²) in [6, 6.07) is 3.34. The van der Waals surface area contributed by atoms with E-state index >= 15 is 0 Å². The molecule has 2 heterocycles. The van der Waals surface area contributed by atoms with Gasteiger partial charge in [0.2, 0.25) is 5.91 Å². The van der Waals surface area contributed by atoms with Gasteiger partial charge in [0.1, 0.15) is 24.0 Å². The van der Waals surface area contributed by atoms with Gasteiger partial charge in [-0.2, -0.15) is 0 Å². The maximum Gasteiger partial charge on any atom is 0.326 e. The molecule has 0 saturated heterocycles. The predicted molar refractivity (Wildman–Crippen MR) is 138 cm³/mol. The number of ether oxygens (including phenoxy) is 1. The van der Waals surface area contributed by atoms with Crippen molar-refractivity contribution in [3.05, 3.63) is 47.4 Å². The number of fused-ring (bicyclic) bond motifs is 2. The minimum absolute atomic E-state index is 0.0401. The zero-order chi connectivity index (χ0) is 26.5. The number of thioether (sulfide) groups is 2. The molecule has 10 nitrogen and oxygen atoms in total. The number of nitrogens with zero attached hydrogens (tertiary/aromatic N) is 1. The van der Waals surface area contributed by atoms with Crippen LogP contribution in [0.25, 0.3) is 0 Å². The number of nitrogens with one attached hydrogen (secondary N) is 3. The Kier molecular flexibility index (Phi) is 12.2. The Bertz CT molecular complexity index is 1060. The second kappa shape index (κ2) is 15.1. The van der Waals surface area contributed by atoms with E-state index in [0.717, 1.165) is 4.90 Å². The van der Waals surface area contributed by atoms with Crippen LogP contribution in [-0.2, 0) is 30.5 Å². The highest BCUT2D eigenvalue weighted by Crippen LogP contribution is 2.17. The third kappa shape index (κ3) is 9.86. The van der Waals surface area contributed by atoms with E-state index in [1.54, 1.807) is 38.1 Å². The molecule has 0 saturated carbocycles. The summed E-state index contributed by atoms with van der Waals surface area (Å²) < 4.78 is 5.39. The fourth-order valence-electron chi connectivity index (χ4n) is 2.97. The zero-order valence-corrected chi connectivity index (χ0v) is 22.1. The summed E-state index contributed by atoms with van der Waals surface area (Å²) in [7, 11) is 0. The van der Waals surface area contributed by atoms with E-state index in [2.05, 4.69) is 20.9 Å². The number of carbonyl (C=O) groups excluding carboxylic acids is 5.